The fourth-order valence-corrected chi connectivity index (χ4v) is 2.97. The molecule has 0 bridgehead atoms. The van der Waals surface area contributed by atoms with Crippen molar-refractivity contribution in [2.24, 2.45) is 5.92 Å². The number of hydrogen-bond donors (Lipinski definition) is 1. The van der Waals surface area contributed by atoms with E-state index in [9.17, 15) is 0 Å². The molecule has 0 saturated carbocycles. The Hall–Kier alpha value is -1.61. The number of rotatable bonds is 3. The number of anilines is 1. The maximum atomic E-state index is 4.18. The van der Waals surface area contributed by atoms with E-state index in [2.05, 4.69) is 46.5 Å². The van der Waals surface area contributed by atoms with Gasteiger partial charge in [0.15, 0.2) is 0 Å². The van der Waals surface area contributed by atoms with E-state index in [0.29, 0.717) is 0 Å². The van der Waals surface area contributed by atoms with E-state index in [0.717, 1.165) is 12.5 Å². The van der Waals surface area contributed by atoms with Crippen molar-refractivity contribution in [2.75, 3.05) is 32.0 Å². The maximum Gasteiger partial charge on any atom is 0.0421 e. The van der Waals surface area contributed by atoms with Crippen LogP contribution in [0.3, 0.4) is 0 Å². The Bertz CT molecular complexity index is 547. The summed E-state index contributed by atoms with van der Waals surface area (Å²) >= 11 is 0. The summed E-state index contributed by atoms with van der Waals surface area (Å²) in [5.41, 5.74) is 1.23. The first-order valence-corrected chi connectivity index (χ1v) is 7.08. The highest BCUT2D eigenvalue weighted by Gasteiger charge is 2.16. The molecular formula is C16H21N3. The van der Waals surface area contributed by atoms with Crippen LogP contribution in [0.1, 0.15) is 12.8 Å². The maximum absolute atomic E-state index is 4.18. The molecule has 0 radical (unpaired) electrons. The van der Waals surface area contributed by atoms with Gasteiger partial charge < -0.3 is 10.2 Å². The molecule has 0 amide bonds. The van der Waals surface area contributed by atoms with Gasteiger partial charge >= 0.3 is 0 Å². The third-order valence-electron chi connectivity index (χ3n) is 3.98. The Morgan fingerprint density at radius 2 is 2.32 bits per heavy atom. The highest BCUT2D eigenvalue weighted by Crippen LogP contribution is 2.23. The van der Waals surface area contributed by atoms with Crippen LogP contribution in [0.2, 0.25) is 0 Å². The van der Waals surface area contributed by atoms with Crippen molar-refractivity contribution in [3.8, 4) is 0 Å². The summed E-state index contributed by atoms with van der Waals surface area (Å²) in [6, 6.07) is 8.46. The van der Waals surface area contributed by atoms with Crippen molar-refractivity contribution in [1.82, 2.24) is 9.88 Å². The highest BCUT2D eigenvalue weighted by molar-refractivity contribution is 5.93. The number of aromatic nitrogens is 1. The Labute approximate surface area is 114 Å². The summed E-state index contributed by atoms with van der Waals surface area (Å²) in [7, 11) is 2.22. The molecule has 3 nitrogen and oxygen atoms in total. The summed E-state index contributed by atoms with van der Waals surface area (Å²) < 4.78 is 0. The molecule has 1 saturated heterocycles. The van der Waals surface area contributed by atoms with Crippen LogP contribution >= 0.6 is 0 Å². The lowest BCUT2D eigenvalue weighted by molar-refractivity contribution is 0.217. The summed E-state index contributed by atoms with van der Waals surface area (Å²) in [6.45, 7) is 3.52. The van der Waals surface area contributed by atoms with E-state index >= 15 is 0 Å². The summed E-state index contributed by atoms with van der Waals surface area (Å²) in [4.78, 5) is 6.61. The predicted molar refractivity (Wildman–Crippen MR) is 80.5 cm³/mol. The number of piperidine rings is 1. The monoisotopic (exact) mass is 255 g/mol. The van der Waals surface area contributed by atoms with Crippen molar-refractivity contribution in [3.63, 3.8) is 0 Å². The minimum absolute atomic E-state index is 0.760. The molecule has 1 aromatic heterocycles. The van der Waals surface area contributed by atoms with Gasteiger partial charge in [-0.3, -0.25) is 4.98 Å². The quantitative estimate of drug-likeness (QED) is 0.914. The number of hydrogen-bond acceptors (Lipinski definition) is 3. The minimum Gasteiger partial charge on any atom is -0.384 e. The Kier molecular flexibility index (Phi) is 3.65. The van der Waals surface area contributed by atoms with Gasteiger partial charge in [-0.25, -0.2) is 0 Å². The average Bonchev–Trinajstić information content (AvgIpc) is 2.45. The van der Waals surface area contributed by atoms with E-state index in [4.69, 9.17) is 0 Å². The molecule has 1 aliphatic heterocycles. The molecule has 0 aliphatic carbocycles. The lowest BCUT2D eigenvalue weighted by Crippen LogP contribution is -2.35. The van der Waals surface area contributed by atoms with Gasteiger partial charge in [0.05, 0.1) is 0 Å². The first kappa shape index (κ1) is 12.4. The van der Waals surface area contributed by atoms with Gasteiger partial charge in [-0.1, -0.05) is 12.1 Å². The van der Waals surface area contributed by atoms with Crippen LogP contribution in [0, 0.1) is 5.92 Å². The molecular weight excluding hydrogens is 234 g/mol. The van der Waals surface area contributed by atoms with E-state index < -0.39 is 0 Å². The van der Waals surface area contributed by atoms with E-state index in [1.54, 1.807) is 0 Å². The highest BCUT2D eigenvalue weighted by atomic mass is 15.1. The van der Waals surface area contributed by atoms with Crippen LogP contribution < -0.4 is 5.32 Å². The number of nitrogens with one attached hydrogen (secondary N) is 1. The molecule has 1 aromatic carbocycles. The van der Waals surface area contributed by atoms with Crippen molar-refractivity contribution in [3.05, 3.63) is 36.7 Å². The zero-order valence-corrected chi connectivity index (χ0v) is 11.5. The topological polar surface area (TPSA) is 28.2 Å². The SMILES string of the molecule is CN1CCCC(CNc2cccc3cnccc23)C1. The lowest BCUT2D eigenvalue weighted by Gasteiger charge is -2.30. The van der Waals surface area contributed by atoms with Crippen molar-refractivity contribution < 1.29 is 0 Å². The fraction of sp³-hybridized carbons (Fsp3) is 0.438. The van der Waals surface area contributed by atoms with Gasteiger partial charge in [0, 0.05) is 41.9 Å². The molecule has 1 aliphatic rings. The van der Waals surface area contributed by atoms with Gasteiger partial charge in [-0.2, -0.15) is 0 Å². The third kappa shape index (κ3) is 2.87. The van der Waals surface area contributed by atoms with Crippen LogP contribution in [-0.4, -0.2) is 36.6 Å². The summed E-state index contributed by atoms with van der Waals surface area (Å²) in [5, 5.41) is 6.09. The number of nitrogens with zero attached hydrogens (tertiary/aromatic N) is 2. The second-order valence-electron chi connectivity index (χ2n) is 5.55. The molecule has 1 atom stereocenters. The molecule has 1 N–H and O–H groups in total. The minimum atomic E-state index is 0.760. The first-order valence-electron chi connectivity index (χ1n) is 7.08. The molecule has 100 valence electrons. The largest absolute Gasteiger partial charge is 0.384 e. The fourth-order valence-electron chi connectivity index (χ4n) is 2.97. The van der Waals surface area contributed by atoms with Gasteiger partial charge in [0.2, 0.25) is 0 Å². The Morgan fingerprint density at radius 3 is 3.21 bits per heavy atom. The van der Waals surface area contributed by atoms with E-state index in [1.165, 1.54) is 42.4 Å². The van der Waals surface area contributed by atoms with Gasteiger partial charge in [0.1, 0.15) is 0 Å². The van der Waals surface area contributed by atoms with Crippen LogP contribution in [-0.2, 0) is 0 Å². The smallest absolute Gasteiger partial charge is 0.0421 e. The molecule has 1 fully saturated rings. The molecule has 2 heterocycles. The number of fused-ring (bicyclic) bond motifs is 1. The number of likely N-dealkylation sites (tertiary alicyclic amines) is 1. The zero-order chi connectivity index (χ0) is 13.1. The normalized spacial score (nSPS) is 20.6. The standard InChI is InChI=1S/C16H21N3/c1-19-9-3-4-13(12-19)10-18-16-6-2-5-14-11-17-8-7-15(14)16/h2,5-8,11,13,18H,3-4,9-10,12H2,1H3. The Morgan fingerprint density at radius 1 is 1.37 bits per heavy atom. The zero-order valence-electron chi connectivity index (χ0n) is 11.5. The summed E-state index contributed by atoms with van der Waals surface area (Å²) in [5.74, 6) is 0.760. The Balaban J connectivity index is 1.71. The summed E-state index contributed by atoms with van der Waals surface area (Å²) in [6.07, 6.45) is 6.45. The van der Waals surface area contributed by atoms with E-state index in [1.807, 2.05) is 12.4 Å². The third-order valence-corrected chi connectivity index (χ3v) is 3.98. The second-order valence-corrected chi connectivity index (χ2v) is 5.55. The molecule has 3 heteroatoms. The van der Waals surface area contributed by atoms with Crippen LogP contribution in [0.4, 0.5) is 5.69 Å². The van der Waals surface area contributed by atoms with Crippen molar-refractivity contribution in [1.29, 1.82) is 0 Å². The molecule has 2 aromatic rings. The molecule has 0 spiro atoms. The average molecular weight is 255 g/mol. The van der Waals surface area contributed by atoms with Crippen molar-refractivity contribution >= 4 is 16.5 Å². The van der Waals surface area contributed by atoms with Gasteiger partial charge in [-0.05, 0) is 44.5 Å². The van der Waals surface area contributed by atoms with E-state index in [-0.39, 0.29) is 0 Å². The molecule has 19 heavy (non-hydrogen) atoms. The van der Waals surface area contributed by atoms with Crippen LogP contribution in [0.25, 0.3) is 10.8 Å². The number of benzene rings is 1. The van der Waals surface area contributed by atoms with Crippen molar-refractivity contribution in [2.45, 2.75) is 12.8 Å². The molecule has 1 unspecified atom stereocenters. The van der Waals surface area contributed by atoms with Crippen LogP contribution in [0.15, 0.2) is 36.7 Å². The van der Waals surface area contributed by atoms with Gasteiger partial charge in [-0.15, -0.1) is 0 Å². The predicted octanol–water partition coefficient (Wildman–Crippen LogP) is 2.99. The second kappa shape index (κ2) is 5.57. The lowest BCUT2D eigenvalue weighted by atomic mass is 9.98. The molecule has 3 rings (SSSR count). The van der Waals surface area contributed by atoms with Crippen LogP contribution in [0.5, 0.6) is 0 Å². The number of pyridine rings is 1. The first-order chi connectivity index (χ1) is 9.33. The van der Waals surface area contributed by atoms with Gasteiger partial charge in [0.25, 0.3) is 0 Å².